The molecule has 0 aromatic rings. The van der Waals surface area contributed by atoms with E-state index in [0.717, 1.165) is 0 Å². The van der Waals surface area contributed by atoms with Crippen LogP contribution in [0.4, 0.5) is 0 Å². The molecule has 1 fully saturated rings. The van der Waals surface area contributed by atoms with E-state index in [9.17, 15) is 14.4 Å². The molecule has 6 nitrogen and oxygen atoms in total. The van der Waals surface area contributed by atoms with Crippen molar-refractivity contribution in [2.75, 3.05) is 7.11 Å². The molecule has 114 valence electrons. The normalized spacial score (nSPS) is 34.9. The Morgan fingerprint density at radius 1 is 1.50 bits per heavy atom. The first-order valence-corrected chi connectivity index (χ1v) is 6.69. The van der Waals surface area contributed by atoms with Crippen molar-refractivity contribution in [3.8, 4) is 0 Å². The zero-order chi connectivity index (χ0) is 15.7. The molecule has 0 aliphatic carbocycles. The number of methoxy groups -OCH3 is 1. The molecule has 0 spiro atoms. The predicted octanol–water partition coefficient (Wildman–Crippen LogP) is 1.43. The number of hydrogen-bond donors (Lipinski definition) is 0. The predicted molar refractivity (Wildman–Crippen MR) is 70.1 cm³/mol. The molecule has 1 heterocycles. The second-order valence-electron chi connectivity index (χ2n) is 5.19. The lowest BCUT2D eigenvalue weighted by Crippen LogP contribution is -2.63. The highest BCUT2D eigenvalue weighted by molar-refractivity contribution is 6.23. The van der Waals surface area contributed by atoms with Crippen molar-refractivity contribution >= 4 is 29.5 Å². The summed E-state index contributed by atoms with van der Waals surface area (Å²) in [5.74, 6) is -2.57. The number of halogens is 1. The van der Waals surface area contributed by atoms with Crippen molar-refractivity contribution in [1.29, 1.82) is 0 Å². The van der Waals surface area contributed by atoms with Crippen molar-refractivity contribution in [2.24, 2.45) is 5.92 Å². The topological polar surface area (TPSA) is 78.9 Å². The van der Waals surface area contributed by atoms with Crippen LogP contribution in [0.3, 0.4) is 0 Å². The fourth-order valence-corrected chi connectivity index (χ4v) is 2.53. The number of esters is 3. The Morgan fingerprint density at radius 3 is 2.40 bits per heavy atom. The van der Waals surface area contributed by atoms with Crippen LogP contribution in [-0.4, -0.2) is 41.6 Å². The highest BCUT2D eigenvalue weighted by Crippen LogP contribution is 2.42. The van der Waals surface area contributed by atoms with E-state index in [0.29, 0.717) is 0 Å². The smallest absolute Gasteiger partial charge is 0.351 e. The lowest BCUT2D eigenvalue weighted by atomic mass is 9.76. The molecule has 0 radical (unpaired) electrons. The van der Waals surface area contributed by atoms with Gasteiger partial charge >= 0.3 is 17.9 Å². The highest BCUT2D eigenvalue weighted by atomic mass is 35.5. The second kappa shape index (κ2) is 5.60. The van der Waals surface area contributed by atoms with Gasteiger partial charge in [-0.05, 0) is 13.8 Å². The summed E-state index contributed by atoms with van der Waals surface area (Å²) in [5, 5.41) is -0.775. The largest absolute Gasteiger partial charge is 0.466 e. The standard InChI is InChI=1S/C13H19ClO6/c1-7-6-13(8(2)14,11(17)18-5)20-10(16)12(7,4)19-9(3)15/h7-8H,6H2,1-5H3/t7-,8+,12-,13-/m1/s1. The lowest BCUT2D eigenvalue weighted by Gasteiger charge is -2.45. The summed E-state index contributed by atoms with van der Waals surface area (Å²) in [6.45, 7) is 5.91. The molecule has 1 aliphatic rings. The number of carbonyl (C=O) groups is 3. The first kappa shape index (κ1) is 16.8. The summed E-state index contributed by atoms with van der Waals surface area (Å²) in [5.41, 5.74) is -3.00. The summed E-state index contributed by atoms with van der Waals surface area (Å²) >= 11 is 6.03. The molecular formula is C13H19ClO6. The summed E-state index contributed by atoms with van der Waals surface area (Å²) in [4.78, 5) is 35.3. The molecule has 0 saturated carbocycles. The molecule has 0 aromatic heterocycles. The molecule has 7 heteroatoms. The minimum atomic E-state index is -1.56. The van der Waals surface area contributed by atoms with E-state index in [1.807, 2.05) is 0 Å². The van der Waals surface area contributed by atoms with E-state index in [1.165, 1.54) is 21.0 Å². The quantitative estimate of drug-likeness (QED) is 0.446. The number of cyclic esters (lactones) is 1. The van der Waals surface area contributed by atoms with E-state index in [-0.39, 0.29) is 6.42 Å². The van der Waals surface area contributed by atoms with Crippen molar-refractivity contribution in [1.82, 2.24) is 0 Å². The molecule has 0 bridgehead atoms. The van der Waals surface area contributed by atoms with Gasteiger partial charge in [0.05, 0.1) is 12.5 Å². The zero-order valence-electron chi connectivity index (χ0n) is 12.2. The van der Waals surface area contributed by atoms with Crippen LogP contribution in [0.25, 0.3) is 0 Å². The van der Waals surface area contributed by atoms with Gasteiger partial charge in [0, 0.05) is 19.3 Å². The van der Waals surface area contributed by atoms with Gasteiger partial charge in [-0.25, -0.2) is 9.59 Å². The van der Waals surface area contributed by atoms with E-state index >= 15 is 0 Å². The summed E-state index contributed by atoms with van der Waals surface area (Å²) < 4.78 is 15.0. The summed E-state index contributed by atoms with van der Waals surface area (Å²) in [6.07, 6.45) is 0.111. The molecule has 0 amide bonds. The van der Waals surface area contributed by atoms with Crippen LogP contribution >= 0.6 is 11.6 Å². The highest BCUT2D eigenvalue weighted by Gasteiger charge is 2.60. The van der Waals surface area contributed by atoms with Crippen LogP contribution in [0.2, 0.25) is 0 Å². The first-order chi connectivity index (χ1) is 9.10. The maximum Gasteiger partial charge on any atom is 0.351 e. The Morgan fingerprint density at radius 2 is 2.05 bits per heavy atom. The molecular weight excluding hydrogens is 288 g/mol. The molecule has 0 N–H and O–H groups in total. The fourth-order valence-electron chi connectivity index (χ4n) is 2.30. The Bertz CT molecular complexity index is 435. The van der Waals surface area contributed by atoms with Crippen LogP contribution in [0.5, 0.6) is 0 Å². The van der Waals surface area contributed by atoms with Gasteiger partial charge in [0.1, 0.15) is 0 Å². The summed E-state index contributed by atoms with van der Waals surface area (Å²) in [6, 6.07) is 0. The zero-order valence-corrected chi connectivity index (χ0v) is 12.9. The number of hydrogen-bond acceptors (Lipinski definition) is 6. The molecule has 20 heavy (non-hydrogen) atoms. The minimum absolute atomic E-state index is 0.111. The van der Waals surface area contributed by atoms with Crippen molar-refractivity contribution in [2.45, 2.75) is 50.7 Å². The number of ether oxygens (including phenoxy) is 3. The second-order valence-corrected chi connectivity index (χ2v) is 5.85. The van der Waals surface area contributed by atoms with Crippen molar-refractivity contribution in [3.05, 3.63) is 0 Å². The lowest BCUT2D eigenvalue weighted by molar-refractivity contribution is -0.221. The van der Waals surface area contributed by atoms with E-state index in [2.05, 4.69) is 0 Å². The van der Waals surface area contributed by atoms with Gasteiger partial charge in [0.15, 0.2) is 0 Å². The Balaban J connectivity index is 3.16. The molecule has 0 unspecified atom stereocenters. The monoisotopic (exact) mass is 306 g/mol. The molecule has 4 atom stereocenters. The maximum atomic E-state index is 12.2. The number of carbonyl (C=O) groups excluding carboxylic acids is 3. The number of rotatable bonds is 3. The van der Waals surface area contributed by atoms with Crippen molar-refractivity contribution < 1.29 is 28.6 Å². The van der Waals surface area contributed by atoms with E-state index < -0.39 is 40.4 Å². The Kier molecular flexibility index (Phi) is 4.69. The maximum absolute atomic E-state index is 12.2. The van der Waals surface area contributed by atoms with Crippen LogP contribution in [-0.2, 0) is 28.6 Å². The van der Waals surface area contributed by atoms with Gasteiger partial charge in [-0.2, -0.15) is 0 Å². The van der Waals surface area contributed by atoms with Gasteiger partial charge in [-0.15, -0.1) is 11.6 Å². The van der Waals surface area contributed by atoms with Gasteiger partial charge in [-0.3, -0.25) is 4.79 Å². The van der Waals surface area contributed by atoms with Gasteiger partial charge in [-0.1, -0.05) is 6.92 Å². The molecule has 1 rings (SSSR count). The van der Waals surface area contributed by atoms with E-state index in [4.69, 9.17) is 25.8 Å². The van der Waals surface area contributed by atoms with Gasteiger partial charge < -0.3 is 14.2 Å². The van der Waals surface area contributed by atoms with Crippen molar-refractivity contribution in [3.63, 3.8) is 0 Å². The first-order valence-electron chi connectivity index (χ1n) is 6.25. The van der Waals surface area contributed by atoms with Crippen LogP contribution in [0, 0.1) is 5.92 Å². The Labute approximate surface area is 122 Å². The minimum Gasteiger partial charge on any atom is -0.466 e. The van der Waals surface area contributed by atoms with Gasteiger partial charge in [0.2, 0.25) is 11.2 Å². The molecule has 1 aliphatic heterocycles. The molecule has 0 aromatic carbocycles. The number of alkyl halides is 1. The Hall–Kier alpha value is -1.30. The average Bonchev–Trinajstić information content (AvgIpc) is 2.33. The van der Waals surface area contributed by atoms with Crippen LogP contribution in [0.15, 0.2) is 0 Å². The fraction of sp³-hybridized carbons (Fsp3) is 0.769. The average molecular weight is 307 g/mol. The summed E-state index contributed by atoms with van der Waals surface area (Å²) in [7, 11) is 1.20. The third-order valence-corrected chi connectivity index (χ3v) is 4.11. The third kappa shape index (κ3) is 2.61. The molecule has 1 saturated heterocycles. The van der Waals surface area contributed by atoms with Crippen LogP contribution in [0.1, 0.15) is 34.1 Å². The van der Waals surface area contributed by atoms with Gasteiger partial charge in [0.25, 0.3) is 0 Å². The van der Waals surface area contributed by atoms with Crippen LogP contribution < -0.4 is 0 Å². The van der Waals surface area contributed by atoms with E-state index in [1.54, 1.807) is 13.8 Å². The third-order valence-electron chi connectivity index (χ3n) is 3.76. The SMILES string of the molecule is COC(=O)[C@]1([C@H](C)Cl)C[C@@H](C)[C@@](C)(OC(C)=O)C(=O)O1.